The topological polar surface area (TPSA) is 38.1 Å². The zero-order chi connectivity index (χ0) is 13.2. The maximum atomic E-state index is 5.99. The number of hydrogen-bond donors (Lipinski definition) is 1. The summed E-state index contributed by atoms with van der Waals surface area (Å²) in [7, 11) is 0. The first-order valence-electron chi connectivity index (χ1n) is 6.36. The highest BCUT2D eigenvalue weighted by Crippen LogP contribution is 2.28. The van der Waals surface area contributed by atoms with E-state index in [1.54, 1.807) is 18.3 Å². The van der Waals surface area contributed by atoms with E-state index in [4.69, 9.17) is 27.6 Å². The van der Waals surface area contributed by atoms with Crippen molar-refractivity contribution >= 4 is 23.2 Å². The van der Waals surface area contributed by atoms with Crippen LogP contribution >= 0.6 is 23.2 Å². The summed E-state index contributed by atoms with van der Waals surface area (Å²) in [5.74, 6) is 1.47. The van der Waals surface area contributed by atoms with Gasteiger partial charge in [0.25, 0.3) is 0 Å². The van der Waals surface area contributed by atoms with Crippen LogP contribution in [0.15, 0.2) is 28.8 Å². The van der Waals surface area contributed by atoms with Crippen LogP contribution in [-0.4, -0.2) is 17.6 Å². The van der Waals surface area contributed by atoms with Gasteiger partial charge < -0.3 is 9.73 Å². The van der Waals surface area contributed by atoms with Gasteiger partial charge in [0.05, 0.1) is 16.2 Å². The van der Waals surface area contributed by atoms with Gasteiger partial charge in [-0.15, -0.1) is 0 Å². The number of aromatic nitrogens is 1. The van der Waals surface area contributed by atoms with Crippen molar-refractivity contribution in [2.24, 2.45) is 0 Å². The molecule has 100 valence electrons. The zero-order valence-corrected chi connectivity index (χ0v) is 11.8. The molecule has 1 fully saturated rings. The van der Waals surface area contributed by atoms with E-state index in [2.05, 4.69) is 10.3 Å². The minimum Gasteiger partial charge on any atom is -0.441 e. The summed E-state index contributed by atoms with van der Waals surface area (Å²) in [5.41, 5.74) is 0.892. The summed E-state index contributed by atoms with van der Waals surface area (Å²) in [6, 6.07) is 6.14. The number of halogens is 2. The van der Waals surface area contributed by atoms with Gasteiger partial charge >= 0.3 is 0 Å². The van der Waals surface area contributed by atoms with Gasteiger partial charge in [0.15, 0.2) is 11.7 Å². The van der Waals surface area contributed by atoms with Crippen molar-refractivity contribution in [3.05, 3.63) is 40.3 Å². The molecule has 0 bridgehead atoms. The Morgan fingerprint density at radius 1 is 1.26 bits per heavy atom. The van der Waals surface area contributed by atoms with E-state index >= 15 is 0 Å². The molecule has 0 unspecified atom stereocenters. The third kappa shape index (κ3) is 3.30. The second-order valence-electron chi connectivity index (χ2n) is 4.73. The minimum atomic E-state index is 0.521. The van der Waals surface area contributed by atoms with Crippen molar-refractivity contribution in [2.75, 3.05) is 6.54 Å². The summed E-state index contributed by atoms with van der Waals surface area (Å²) in [6.45, 7) is 0.909. The van der Waals surface area contributed by atoms with E-state index < -0.39 is 0 Å². The van der Waals surface area contributed by atoms with Gasteiger partial charge in [0, 0.05) is 24.6 Å². The molecule has 0 spiro atoms. The molecule has 0 saturated heterocycles. The second-order valence-corrected chi connectivity index (χ2v) is 5.54. The van der Waals surface area contributed by atoms with Crippen LogP contribution in [0.4, 0.5) is 0 Å². The van der Waals surface area contributed by atoms with E-state index in [-0.39, 0.29) is 0 Å². The van der Waals surface area contributed by atoms with Gasteiger partial charge in [-0.25, -0.2) is 4.98 Å². The molecule has 1 aliphatic rings. The van der Waals surface area contributed by atoms with Crippen LogP contribution in [0.25, 0.3) is 11.3 Å². The number of nitrogens with zero attached hydrogens (tertiary/aromatic N) is 1. The molecule has 3 rings (SSSR count). The molecule has 3 nitrogen and oxygen atoms in total. The lowest BCUT2D eigenvalue weighted by molar-refractivity contribution is 0.494. The van der Waals surface area contributed by atoms with Crippen LogP contribution in [-0.2, 0) is 6.42 Å². The third-order valence-corrected chi connectivity index (χ3v) is 3.85. The Morgan fingerprint density at radius 2 is 2.11 bits per heavy atom. The van der Waals surface area contributed by atoms with Crippen LogP contribution in [0.3, 0.4) is 0 Å². The highest BCUT2D eigenvalue weighted by molar-refractivity contribution is 6.42. The third-order valence-electron chi connectivity index (χ3n) is 3.11. The standard InChI is InChI=1S/C14H14Cl2N2O/c15-11-4-1-9(7-12(11)16)13-8-18-14(19-13)5-6-17-10-2-3-10/h1,4,7-8,10,17H,2-3,5-6H2. The lowest BCUT2D eigenvalue weighted by Gasteiger charge is -2.00. The van der Waals surface area contributed by atoms with Crippen molar-refractivity contribution in [3.63, 3.8) is 0 Å². The molecule has 2 aromatic rings. The highest BCUT2D eigenvalue weighted by Gasteiger charge is 2.20. The van der Waals surface area contributed by atoms with E-state index in [1.165, 1.54) is 12.8 Å². The fourth-order valence-corrected chi connectivity index (χ4v) is 2.18. The first-order chi connectivity index (χ1) is 9.22. The molecule has 1 saturated carbocycles. The van der Waals surface area contributed by atoms with Crippen LogP contribution in [0, 0.1) is 0 Å². The van der Waals surface area contributed by atoms with E-state index in [9.17, 15) is 0 Å². The van der Waals surface area contributed by atoms with Crippen molar-refractivity contribution < 1.29 is 4.42 Å². The molecule has 5 heteroatoms. The quantitative estimate of drug-likeness (QED) is 0.908. The molecular formula is C14H14Cl2N2O. The molecule has 0 radical (unpaired) electrons. The van der Waals surface area contributed by atoms with Gasteiger partial charge in [0.2, 0.25) is 0 Å². The second kappa shape index (κ2) is 5.53. The lowest BCUT2D eigenvalue weighted by Crippen LogP contribution is -2.19. The monoisotopic (exact) mass is 296 g/mol. The summed E-state index contributed by atoms with van der Waals surface area (Å²) < 4.78 is 5.71. The maximum absolute atomic E-state index is 5.99. The Balaban J connectivity index is 1.67. The Kier molecular flexibility index (Phi) is 3.78. The largest absolute Gasteiger partial charge is 0.441 e. The van der Waals surface area contributed by atoms with Crippen molar-refractivity contribution in [3.8, 4) is 11.3 Å². The molecule has 0 atom stereocenters. The molecular weight excluding hydrogens is 283 g/mol. The average molecular weight is 297 g/mol. The highest BCUT2D eigenvalue weighted by atomic mass is 35.5. The number of benzene rings is 1. The van der Waals surface area contributed by atoms with Crippen LogP contribution in [0.1, 0.15) is 18.7 Å². The first kappa shape index (κ1) is 13.0. The Bertz CT molecular complexity index is 579. The fourth-order valence-electron chi connectivity index (χ4n) is 1.88. The summed E-state index contributed by atoms with van der Waals surface area (Å²) >= 11 is 11.9. The molecule has 1 N–H and O–H groups in total. The van der Waals surface area contributed by atoms with Crippen LogP contribution in [0.5, 0.6) is 0 Å². The Hall–Kier alpha value is -1.03. The first-order valence-corrected chi connectivity index (χ1v) is 7.11. The van der Waals surface area contributed by atoms with Gasteiger partial charge in [-0.3, -0.25) is 0 Å². The fraction of sp³-hybridized carbons (Fsp3) is 0.357. The lowest BCUT2D eigenvalue weighted by atomic mass is 10.2. The zero-order valence-electron chi connectivity index (χ0n) is 10.3. The number of rotatable bonds is 5. The smallest absolute Gasteiger partial charge is 0.196 e. The maximum Gasteiger partial charge on any atom is 0.196 e. The van der Waals surface area contributed by atoms with Crippen LogP contribution in [0.2, 0.25) is 10.0 Å². The molecule has 19 heavy (non-hydrogen) atoms. The predicted molar refractivity (Wildman–Crippen MR) is 76.7 cm³/mol. The Morgan fingerprint density at radius 3 is 2.84 bits per heavy atom. The van der Waals surface area contributed by atoms with Gasteiger partial charge in [0.1, 0.15) is 0 Å². The summed E-state index contributed by atoms with van der Waals surface area (Å²) in [5, 5.41) is 4.49. The SMILES string of the molecule is Clc1ccc(-c2cnc(CCNC3CC3)o2)cc1Cl. The van der Waals surface area contributed by atoms with Gasteiger partial charge in [-0.05, 0) is 31.0 Å². The van der Waals surface area contributed by atoms with E-state index in [1.807, 2.05) is 6.07 Å². The molecule has 0 aliphatic heterocycles. The summed E-state index contributed by atoms with van der Waals surface area (Å²) in [6.07, 6.45) is 5.12. The van der Waals surface area contributed by atoms with E-state index in [0.717, 1.165) is 30.2 Å². The molecule has 1 aromatic carbocycles. The molecule has 1 aromatic heterocycles. The van der Waals surface area contributed by atoms with Gasteiger partial charge in [-0.1, -0.05) is 23.2 Å². The minimum absolute atomic E-state index is 0.521. The van der Waals surface area contributed by atoms with Gasteiger partial charge in [-0.2, -0.15) is 0 Å². The molecule has 1 heterocycles. The number of hydrogen-bond acceptors (Lipinski definition) is 3. The van der Waals surface area contributed by atoms with Crippen LogP contribution < -0.4 is 5.32 Å². The molecule has 1 aliphatic carbocycles. The van der Waals surface area contributed by atoms with Crippen molar-refractivity contribution in [1.82, 2.24) is 10.3 Å². The molecule has 0 amide bonds. The normalized spacial score (nSPS) is 14.8. The predicted octanol–water partition coefficient (Wildman–Crippen LogP) is 3.94. The average Bonchev–Trinajstić information content (AvgIpc) is 3.10. The van der Waals surface area contributed by atoms with Crippen molar-refractivity contribution in [1.29, 1.82) is 0 Å². The summed E-state index contributed by atoms with van der Waals surface area (Å²) in [4.78, 5) is 4.28. The van der Waals surface area contributed by atoms with Crippen molar-refractivity contribution in [2.45, 2.75) is 25.3 Å². The Labute approximate surface area is 121 Å². The van der Waals surface area contributed by atoms with E-state index in [0.29, 0.717) is 16.1 Å². The number of oxazole rings is 1. The number of nitrogens with one attached hydrogen (secondary N) is 1.